The lowest BCUT2D eigenvalue weighted by Gasteiger charge is -2.03. The summed E-state index contributed by atoms with van der Waals surface area (Å²) in [7, 11) is 0. The lowest BCUT2D eigenvalue weighted by molar-refractivity contribution is -0.118. The number of hydrogen-bond donors (Lipinski definition) is 3. The zero-order chi connectivity index (χ0) is 15.5. The third-order valence-electron chi connectivity index (χ3n) is 2.42. The number of aliphatic hydroxyl groups excluding tert-OH is 2. The van der Waals surface area contributed by atoms with E-state index in [0.29, 0.717) is 12.3 Å². The van der Waals surface area contributed by atoms with Crippen LogP contribution in [0.25, 0.3) is 0 Å². The molecular formula is C14H23ClN2O3. The molecule has 1 unspecified atom stereocenters. The Morgan fingerprint density at radius 2 is 2.05 bits per heavy atom. The van der Waals surface area contributed by atoms with Crippen LogP contribution in [0.1, 0.15) is 33.1 Å². The van der Waals surface area contributed by atoms with Gasteiger partial charge in [-0.15, -0.1) is 0 Å². The molecule has 0 heterocycles. The van der Waals surface area contributed by atoms with Gasteiger partial charge in [-0.2, -0.15) is 0 Å². The summed E-state index contributed by atoms with van der Waals surface area (Å²) < 4.78 is 0. The van der Waals surface area contributed by atoms with Crippen LogP contribution in [-0.4, -0.2) is 35.0 Å². The predicted molar refractivity (Wildman–Crippen MR) is 81.9 cm³/mol. The van der Waals surface area contributed by atoms with Crippen molar-refractivity contribution in [3.8, 4) is 0 Å². The fourth-order valence-electron chi connectivity index (χ4n) is 1.24. The minimum absolute atomic E-state index is 0.106. The van der Waals surface area contributed by atoms with E-state index < -0.39 is 6.10 Å². The Balaban J connectivity index is 4.22. The molecule has 0 fully saturated rings. The lowest BCUT2D eigenvalue weighted by Crippen LogP contribution is -2.09. The number of aliphatic imine (C=N–C) groups is 1. The van der Waals surface area contributed by atoms with E-state index in [9.17, 15) is 15.0 Å². The second-order valence-corrected chi connectivity index (χ2v) is 5.19. The van der Waals surface area contributed by atoms with E-state index in [0.717, 1.165) is 6.42 Å². The van der Waals surface area contributed by atoms with E-state index in [2.05, 4.69) is 4.99 Å². The molecule has 0 aliphatic carbocycles. The Kier molecular flexibility index (Phi) is 9.98. The molecule has 0 radical (unpaired) electrons. The first-order chi connectivity index (χ1) is 9.36. The molecule has 0 spiro atoms. The van der Waals surface area contributed by atoms with E-state index in [1.807, 2.05) is 13.8 Å². The van der Waals surface area contributed by atoms with E-state index in [4.69, 9.17) is 17.3 Å². The van der Waals surface area contributed by atoms with Gasteiger partial charge in [0.2, 0.25) is 5.91 Å². The van der Waals surface area contributed by atoms with Crippen LogP contribution in [0.5, 0.6) is 0 Å². The maximum Gasteiger partial charge on any atom is 0.245 e. The van der Waals surface area contributed by atoms with Crippen LogP contribution in [-0.2, 0) is 4.79 Å². The number of aliphatic hydroxyl groups is 2. The smallest absolute Gasteiger partial charge is 0.245 e. The van der Waals surface area contributed by atoms with Gasteiger partial charge in [-0.1, -0.05) is 31.5 Å². The summed E-state index contributed by atoms with van der Waals surface area (Å²) in [4.78, 5) is 15.0. The molecule has 0 aliphatic rings. The highest BCUT2D eigenvalue weighted by molar-refractivity contribution is 6.31. The molecule has 1 atom stereocenters. The highest BCUT2D eigenvalue weighted by Crippen LogP contribution is 2.12. The Hall–Kier alpha value is -1.17. The fourth-order valence-corrected chi connectivity index (χ4v) is 1.41. The molecule has 114 valence electrons. The summed E-state index contributed by atoms with van der Waals surface area (Å²) >= 11 is 5.77. The largest absolute Gasteiger partial charge is 0.507 e. The number of carbonyl (C=O) groups excluding carboxylic acids is 1. The van der Waals surface area contributed by atoms with Crippen LogP contribution in [0.15, 0.2) is 27.9 Å². The van der Waals surface area contributed by atoms with Crippen molar-refractivity contribution in [2.24, 2.45) is 16.6 Å². The van der Waals surface area contributed by atoms with Crippen LogP contribution >= 0.6 is 11.6 Å². The molecule has 6 heteroatoms. The third kappa shape index (κ3) is 9.72. The van der Waals surface area contributed by atoms with Gasteiger partial charge in [0.1, 0.15) is 5.76 Å². The van der Waals surface area contributed by atoms with Crippen molar-refractivity contribution in [3.05, 3.63) is 22.9 Å². The molecule has 0 aliphatic heterocycles. The SMILES string of the molecule is CC(C)CCC(=O)N=CC(O)C/C=C(Cl)\C(O)=C/CN. The van der Waals surface area contributed by atoms with Gasteiger partial charge in [-0.05, 0) is 24.8 Å². The van der Waals surface area contributed by atoms with Crippen molar-refractivity contribution in [3.63, 3.8) is 0 Å². The zero-order valence-corrected chi connectivity index (χ0v) is 12.7. The number of nitrogens with two attached hydrogens (primary N) is 1. The van der Waals surface area contributed by atoms with Gasteiger partial charge >= 0.3 is 0 Å². The van der Waals surface area contributed by atoms with E-state index in [-0.39, 0.29) is 29.7 Å². The molecule has 0 saturated heterocycles. The molecule has 0 aromatic rings. The summed E-state index contributed by atoms with van der Waals surface area (Å²) in [6, 6.07) is 0. The quantitative estimate of drug-likeness (QED) is 0.364. The van der Waals surface area contributed by atoms with Crippen molar-refractivity contribution in [1.82, 2.24) is 0 Å². The Morgan fingerprint density at radius 1 is 1.40 bits per heavy atom. The molecule has 0 saturated carbocycles. The first kappa shape index (κ1) is 18.8. The Labute approximate surface area is 124 Å². The first-order valence-electron chi connectivity index (χ1n) is 6.57. The number of carbonyl (C=O) groups is 1. The van der Waals surface area contributed by atoms with Crippen molar-refractivity contribution in [2.45, 2.75) is 39.2 Å². The lowest BCUT2D eigenvalue weighted by atomic mass is 10.1. The van der Waals surface area contributed by atoms with Crippen LogP contribution in [0, 0.1) is 5.92 Å². The molecule has 1 amide bonds. The number of hydrogen-bond acceptors (Lipinski definition) is 4. The van der Waals surface area contributed by atoms with Crippen LogP contribution in [0.2, 0.25) is 0 Å². The molecule has 0 aromatic carbocycles. The van der Waals surface area contributed by atoms with Crippen LogP contribution in [0.3, 0.4) is 0 Å². The number of allylic oxidation sites excluding steroid dienone is 1. The topological polar surface area (TPSA) is 95.9 Å². The Bertz CT molecular complexity index is 390. The summed E-state index contributed by atoms with van der Waals surface area (Å²) in [5.41, 5.74) is 5.22. The Morgan fingerprint density at radius 3 is 2.60 bits per heavy atom. The monoisotopic (exact) mass is 302 g/mol. The van der Waals surface area contributed by atoms with Crippen molar-refractivity contribution < 1.29 is 15.0 Å². The van der Waals surface area contributed by atoms with Gasteiger partial charge in [0.05, 0.1) is 11.1 Å². The zero-order valence-electron chi connectivity index (χ0n) is 11.9. The third-order valence-corrected chi connectivity index (χ3v) is 2.77. The molecule has 0 rings (SSSR count). The minimum Gasteiger partial charge on any atom is -0.507 e. The number of rotatable bonds is 8. The molecule has 0 aromatic heterocycles. The van der Waals surface area contributed by atoms with Crippen LogP contribution < -0.4 is 5.73 Å². The predicted octanol–water partition coefficient (Wildman–Crippen LogP) is 2.29. The summed E-state index contributed by atoms with van der Waals surface area (Å²) in [5.74, 6) is 0.0585. The van der Waals surface area contributed by atoms with Crippen molar-refractivity contribution >= 4 is 23.7 Å². The minimum atomic E-state index is -0.919. The molecule has 5 nitrogen and oxygen atoms in total. The van der Waals surface area contributed by atoms with Gasteiger partial charge in [0.15, 0.2) is 0 Å². The number of halogens is 1. The number of nitrogens with zero attached hydrogens (tertiary/aromatic N) is 1. The second kappa shape index (κ2) is 10.6. The molecular weight excluding hydrogens is 280 g/mol. The second-order valence-electron chi connectivity index (χ2n) is 4.78. The van der Waals surface area contributed by atoms with Crippen molar-refractivity contribution in [2.75, 3.05) is 6.54 Å². The standard InChI is InChI=1S/C14H23ClN2O3/c1-10(2)3-6-14(20)17-9-11(18)4-5-12(15)13(19)7-8-16/h5,7,9-11,18-19H,3-4,6,8,16H2,1-2H3/b12-5+,13-7+,17-9?. The van der Waals surface area contributed by atoms with Gasteiger partial charge in [0, 0.05) is 19.2 Å². The molecule has 4 N–H and O–H groups in total. The van der Waals surface area contributed by atoms with Crippen molar-refractivity contribution in [1.29, 1.82) is 0 Å². The van der Waals surface area contributed by atoms with Crippen LogP contribution in [0.4, 0.5) is 0 Å². The molecule has 0 bridgehead atoms. The molecule has 20 heavy (non-hydrogen) atoms. The maximum atomic E-state index is 11.4. The average molecular weight is 303 g/mol. The average Bonchev–Trinajstić information content (AvgIpc) is 2.40. The normalized spacial score (nSPS) is 15.1. The van der Waals surface area contributed by atoms with Gasteiger partial charge in [-0.3, -0.25) is 4.79 Å². The first-order valence-corrected chi connectivity index (χ1v) is 6.94. The van der Waals surface area contributed by atoms with Gasteiger partial charge in [0.25, 0.3) is 0 Å². The van der Waals surface area contributed by atoms with E-state index in [1.54, 1.807) is 0 Å². The highest BCUT2D eigenvalue weighted by atomic mass is 35.5. The van der Waals surface area contributed by atoms with E-state index in [1.165, 1.54) is 18.4 Å². The van der Waals surface area contributed by atoms with Gasteiger partial charge < -0.3 is 15.9 Å². The highest BCUT2D eigenvalue weighted by Gasteiger charge is 2.04. The maximum absolute atomic E-state index is 11.4. The van der Waals surface area contributed by atoms with Gasteiger partial charge in [-0.25, -0.2) is 4.99 Å². The number of amides is 1. The van der Waals surface area contributed by atoms with E-state index >= 15 is 0 Å². The fraction of sp³-hybridized carbons (Fsp3) is 0.571. The summed E-state index contributed by atoms with van der Waals surface area (Å²) in [6.07, 6.45) is 4.37. The summed E-state index contributed by atoms with van der Waals surface area (Å²) in [6.45, 7) is 4.23. The summed E-state index contributed by atoms with van der Waals surface area (Å²) in [5, 5.41) is 19.1.